The first-order valence-corrected chi connectivity index (χ1v) is 6.48. The highest BCUT2D eigenvalue weighted by molar-refractivity contribution is 6.02. The van der Waals surface area contributed by atoms with Gasteiger partial charge in [0.05, 0.1) is 11.2 Å². The van der Waals surface area contributed by atoms with Gasteiger partial charge in [0.2, 0.25) is 5.91 Å². The van der Waals surface area contributed by atoms with Crippen LogP contribution < -0.4 is 11.1 Å². The Kier molecular flexibility index (Phi) is 4.12. The van der Waals surface area contributed by atoms with E-state index in [2.05, 4.69) is 10.3 Å². The molecule has 0 aliphatic heterocycles. The second kappa shape index (κ2) is 5.80. The van der Waals surface area contributed by atoms with Gasteiger partial charge in [0.1, 0.15) is 0 Å². The van der Waals surface area contributed by atoms with Gasteiger partial charge in [0.25, 0.3) is 0 Å². The molecule has 0 saturated carbocycles. The van der Waals surface area contributed by atoms with Crippen LogP contribution in [0.25, 0.3) is 10.9 Å². The second-order valence-corrected chi connectivity index (χ2v) is 4.80. The average Bonchev–Trinajstić information content (AvgIpc) is 2.42. The lowest BCUT2D eigenvalue weighted by atomic mass is 10.1. The Morgan fingerprint density at radius 3 is 2.95 bits per heavy atom. The van der Waals surface area contributed by atoms with Crippen LogP contribution in [0, 0.1) is 12.8 Å². The number of nitrogens with zero attached hydrogens (tertiary/aromatic N) is 1. The highest BCUT2D eigenvalue weighted by Gasteiger charge is 2.13. The van der Waals surface area contributed by atoms with E-state index in [4.69, 9.17) is 5.73 Å². The molecule has 19 heavy (non-hydrogen) atoms. The molecule has 1 amide bonds. The van der Waals surface area contributed by atoms with Crippen LogP contribution in [0.2, 0.25) is 0 Å². The molecule has 0 saturated heterocycles. The number of aryl methyl sites for hydroxylation is 1. The van der Waals surface area contributed by atoms with Crippen LogP contribution in [0.15, 0.2) is 30.5 Å². The first-order chi connectivity index (χ1) is 9.13. The molecule has 1 aromatic carbocycles. The fourth-order valence-electron chi connectivity index (χ4n) is 2.06. The highest BCUT2D eigenvalue weighted by atomic mass is 16.1. The summed E-state index contributed by atoms with van der Waals surface area (Å²) in [7, 11) is 0. The molecule has 0 fully saturated rings. The van der Waals surface area contributed by atoms with E-state index in [9.17, 15) is 4.79 Å². The molecule has 1 heterocycles. The Morgan fingerprint density at radius 2 is 2.21 bits per heavy atom. The summed E-state index contributed by atoms with van der Waals surface area (Å²) in [5.74, 6) is -0.0857. The number of nitrogens with two attached hydrogens (primary N) is 1. The van der Waals surface area contributed by atoms with Gasteiger partial charge >= 0.3 is 0 Å². The summed E-state index contributed by atoms with van der Waals surface area (Å²) in [5, 5.41) is 3.93. The number of nitrogens with one attached hydrogen (secondary N) is 1. The topological polar surface area (TPSA) is 68.0 Å². The van der Waals surface area contributed by atoms with Crippen molar-refractivity contribution in [3.8, 4) is 0 Å². The second-order valence-electron chi connectivity index (χ2n) is 4.80. The third kappa shape index (κ3) is 2.90. The predicted octanol–water partition coefficient (Wildman–Crippen LogP) is 2.47. The zero-order valence-electron chi connectivity index (χ0n) is 11.3. The number of rotatable bonds is 4. The van der Waals surface area contributed by atoms with Gasteiger partial charge in [-0.2, -0.15) is 0 Å². The van der Waals surface area contributed by atoms with Crippen LogP contribution in [0.5, 0.6) is 0 Å². The van der Waals surface area contributed by atoms with Crippen molar-refractivity contribution in [1.29, 1.82) is 0 Å². The Hall–Kier alpha value is -1.94. The van der Waals surface area contributed by atoms with E-state index in [0.717, 1.165) is 22.2 Å². The largest absolute Gasteiger partial charge is 0.330 e. The lowest BCUT2D eigenvalue weighted by molar-refractivity contribution is -0.119. The number of carbonyl (C=O) groups excluding carboxylic acids is 1. The van der Waals surface area contributed by atoms with Crippen molar-refractivity contribution in [2.24, 2.45) is 11.7 Å². The van der Waals surface area contributed by atoms with Crippen molar-refractivity contribution >= 4 is 22.5 Å². The van der Waals surface area contributed by atoms with Crippen molar-refractivity contribution in [3.05, 3.63) is 36.0 Å². The zero-order chi connectivity index (χ0) is 13.8. The standard InChI is InChI=1S/C15H19N3O/c1-10-5-6-13(12-4-3-9-17-14(10)12)18-15(19)11(2)7-8-16/h3-6,9,11H,7-8,16H2,1-2H3,(H,18,19). The van der Waals surface area contributed by atoms with Crippen molar-refractivity contribution in [1.82, 2.24) is 4.98 Å². The van der Waals surface area contributed by atoms with E-state index >= 15 is 0 Å². The van der Waals surface area contributed by atoms with Crippen molar-refractivity contribution in [2.75, 3.05) is 11.9 Å². The summed E-state index contributed by atoms with van der Waals surface area (Å²) < 4.78 is 0. The number of hydrogen-bond donors (Lipinski definition) is 2. The molecule has 4 nitrogen and oxygen atoms in total. The molecule has 4 heteroatoms. The van der Waals surface area contributed by atoms with Crippen LogP contribution in [-0.2, 0) is 4.79 Å². The molecule has 2 aromatic rings. The lowest BCUT2D eigenvalue weighted by Gasteiger charge is -2.13. The van der Waals surface area contributed by atoms with Crippen molar-refractivity contribution in [2.45, 2.75) is 20.3 Å². The van der Waals surface area contributed by atoms with E-state index in [1.165, 1.54) is 0 Å². The van der Waals surface area contributed by atoms with Crippen LogP contribution in [-0.4, -0.2) is 17.4 Å². The zero-order valence-corrected chi connectivity index (χ0v) is 11.3. The summed E-state index contributed by atoms with van der Waals surface area (Å²) >= 11 is 0. The first kappa shape index (κ1) is 13.5. The molecule has 2 rings (SSSR count). The van der Waals surface area contributed by atoms with Crippen LogP contribution >= 0.6 is 0 Å². The van der Waals surface area contributed by atoms with E-state index in [-0.39, 0.29) is 11.8 Å². The molecule has 1 aromatic heterocycles. The molecule has 0 aliphatic rings. The fourth-order valence-corrected chi connectivity index (χ4v) is 2.06. The number of pyridine rings is 1. The number of hydrogen-bond acceptors (Lipinski definition) is 3. The maximum absolute atomic E-state index is 12.0. The van der Waals surface area contributed by atoms with Crippen LogP contribution in [0.3, 0.4) is 0 Å². The molecular weight excluding hydrogens is 238 g/mol. The van der Waals surface area contributed by atoms with E-state index in [1.54, 1.807) is 6.20 Å². The van der Waals surface area contributed by atoms with Gasteiger partial charge in [-0.25, -0.2) is 0 Å². The van der Waals surface area contributed by atoms with E-state index in [0.29, 0.717) is 13.0 Å². The molecule has 0 bridgehead atoms. The minimum atomic E-state index is -0.0852. The highest BCUT2D eigenvalue weighted by Crippen LogP contribution is 2.25. The summed E-state index contributed by atoms with van der Waals surface area (Å²) in [4.78, 5) is 16.4. The number of benzene rings is 1. The Balaban J connectivity index is 2.31. The summed E-state index contributed by atoms with van der Waals surface area (Å²) in [6, 6.07) is 7.74. The Labute approximate surface area is 113 Å². The maximum Gasteiger partial charge on any atom is 0.227 e. The van der Waals surface area contributed by atoms with E-state index in [1.807, 2.05) is 38.1 Å². The van der Waals surface area contributed by atoms with Crippen molar-refractivity contribution in [3.63, 3.8) is 0 Å². The van der Waals surface area contributed by atoms with Gasteiger partial charge in [-0.05, 0) is 43.7 Å². The Bertz CT molecular complexity index is 595. The average molecular weight is 257 g/mol. The van der Waals surface area contributed by atoms with Gasteiger partial charge in [-0.1, -0.05) is 13.0 Å². The smallest absolute Gasteiger partial charge is 0.227 e. The first-order valence-electron chi connectivity index (χ1n) is 6.48. The third-order valence-corrected chi connectivity index (χ3v) is 3.28. The number of amides is 1. The van der Waals surface area contributed by atoms with Gasteiger partial charge in [-0.15, -0.1) is 0 Å². The molecule has 0 aliphatic carbocycles. The summed E-state index contributed by atoms with van der Waals surface area (Å²) in [6.07, 6.45) is 2.45. The number of anilines is 1. The number of carbonyl (C=O) groups is 1. The molecule has 1 unspecified atom stereocenters. The quantitative estimate of drug-likeness (QED) is 0.884. The molecule has 100 valence electrons. The maximum atomic E-state index is 12.0. The minimum Gasteiger partial charge on any atom is -0.330 e. The number of fused-ring (bicyclic) bond motifs is 1. The van der Waals surface area contributed by atoms with E-state index < -0.39 is 0 Å². The minimum absolute atomic E-state index is 0.000504. The fraction of sp³-hybridized carbons (Fsp3) is 0.333. The Morgan fingerprint density at radius 1 is 1.42 bits per heavy atom. The molecule has 1 atom stereocenters. The summed E-state index contributed by atoms with van der Waals surface area (Å²) in [5.41, 5.74) is 8.31. The van der Waals surface area contributed by atoms with Gasteiger partial charge in [-0.3, -0.25) is 9.78 Å². The molecule has 0 radical (unpaired) electrons. The number of aromatic nitrogens is 1. The van der Waals surface area contributed by atoms with Crippen molar-refractivity contribution < 1.29 is 4.79 Å². The SMILES string of the molecule is Cc1ccc(NC(=O)C(C)CCN)c2cccnc12. The molecule has 3 N–H and O–H groups in total. The molecule has 0 spiro atoms. The van der Waals surface area contributed by atoms with Crippen LogP contribution in [0.4, 0.5) is 5.69 Å². The summed E-state index contributed by atoms with van der Waals surface area (Å²) in [6.45, 7) is 4.42. The normalized spacial score (nSPS) is 12.4. The third-order valence-electron chi connectivity index (χ3n) is 3.28. The van der Waals surface area contributed by atoms with Gasteiger partial charge < -0.3 is 11.1 Å². The molecular formula is C15H19N3O. The van der Waals surface area contributed by atoms with Gasteiger partial charge in [0, 0.05) is 17.5 Å². The van der Waals surface area contributed by atoms with Gasteiger partial charge in [0.15, 0.2) is 0 Å². The van der Waals surface area contributed by atoms with Crippen LogP contribution in [0.1, 0.15) is 18.9 Å². The predicted molar refractivity (Wildman–Crippen MR) is 77.9 cm³/mol. The monoisotopic (exact) mass is 257 g/mol. The lowest BCUT2D eigenvalue weighted by Crippen LogP contribution is -2.22.